The number of nitrogens with one attached hydrogen (secondary N) is 2. The van der Waals surface area contributed by atoms with Crippen molar-refractivity contribution in [1.82, 2.24) is 0 Å². The highest BCUT2D eigenvalue weighted by atomic mass is 35.5. The normalized spacial score (nSPS) is 12.0. The minimum absolute atomic E-state index is 0.00452. The van der Waals surface area contributed by atoms with Gasteiger partial charge in [0.1, 0.15) is 0 Å². The lowest BCUT2D eigenvalue weighted by molar-refractivity contribution is -0.115. The van der Waals surface area contributed by atoms with Crippen molar-refractivity contribution in [3.05, 3.63) is 23.2 Å². The Hall–Kier alpha value is -1.22. The highest BCUT2D eigenvalue weighted by molar-refractivity contribution is 6.33. The first-order valence-corrected chi connectivity index (χ1v) is 6.80. The van der Waals surface area contributed by atoms with Gasteiger partial charge in [-0.25, -0.2) is 0 Å². The smallest absolute Gasteiger partial charge is 0.224 e. The fraction of sp³-hybridized carbons (Fsp3) is 0.500. The highest BCUT2D eigenvalue weighted by Crippen LogP contribution is 2.26. The quantitative estimate of drug-likeness (QED) is 0.808. The van der Waals surface area contributed by atoms with E-state index in [4.69, 9.17) is 11.6 Å². The molecule has 0 saturated heterocycles. The van der Waals surface area contributed by atoms with Crippen LogP contribution < -0.4 is 10.6 Å². The summed E-state index contributed by atoms with van der Waals surface area (Å²) in [5, 5.41) is 6.86. The zero-order chi connectivity index (χ0) is 13.5. The third-order valence-corrected chi connectivity index (χ3v) is 3.02. The first kappa shape index (κ1) is 14.8. The Labute approximate surface area is 114 Å². The number of carbonyl (C=O) groups is 1. The Morgan fingerprint density at radius 1 is 1.39 bits per heavy atom. The number of benzene rings is 1. The van der Waals surface area contributed by atoms with Crippen LogP contribution in [0.1, 0.15) is 40.0 Å². The van der Waals surface area contributed by atoms with Crippen molar-refractivity contribution >= 4 is 28.9 Å². The van der Waals surface area contributed by atoms with Gasteiger partial charge in [0.05, 0.1) is 10.7 Å². The first-order valence-electron chi connectivity index (χ1n) is 6.42. The van der Waals surface area contributed by atoms with Crippen molar-refractivity contribution in [2.45, 2.75) is 46.1 Å². The molecule has 2 N–H and O–H groups in total. The fourth-order valence-electron chi connectivity index (χ4n) is 1.73. The second-order valence-electron chi connectivity index (χ2n) is 4.43. The minimum Gasteiger partial charge on any atom is -0.381 e. The maximum Gasteiger partial charge on any atom is 0.224 e. The van der Waals surface area contributed by atoms with E-state index < -0.39 is 0 Å². The second-order valence-corrected chi connectivity index (χ2v) is 4.84. The molecule has 0 aromatic heterocycles. The molecule has 18 heavy (non-hydrogen) atoms. The van der Waals surface area contributed by atoms with Crippen molar-refractivity contribution in [3.8, 4) is 0 Å². The average molecular weight is 269 g/mol. The van der Waals surface area contributed by atoms with E-state index in [9.17, 15) is 4.79 Å². The van der Waals surface area contributed by atoms with Crippen LogP contribution in [0.4, 0.5) is 11.4 Å². The summed E-state index contributed by atoms with van der Waals surface area (Å²) in [6.07, 6.45) is 2.68. The van der Waals surface area contributed by atoms with Gasteiger partial charge in [-0.2, -0.15) is 0 Å². The Bertz CT molecular complexity index is 407. The van der Waals surface area contributed by atoms with E-state index >= 15 is 0 Å². The topological polar surface area (TPSA) is 41.1 Å². The van der Waals surface area contributed by atoms with Gasteiger partial charge in [0, 0.05) is 18.2 Å². The second kappa shape index (κ2) is 7.27. The number of hydrogen-bond acceptors (Lipinski definition) is 2. The van der Waals surface area contributed by atoms with Gasteiger partial charge >= 0.3 is 0 Å². The SMILES string of the molecule is CCCC(C)Nc1cc(NC(=O)CC)ccc1Cl. The summed E-state index contributed by atoms with van der Waals surface area (Å²) < 4.78 is 0. The summed E-state index contributed by atoms with van der Waals surface area (Å²) in [6.45, 7) is 6.10. The van der Waals surface area contributed by atoms with Crippen molar-refractivity contribution in [1.29, 1.82) is 0 Å². The molecule has 0 saturated carbocycles. The molecule has 1 unspecified atom stereocenters. The Balaban J connectivity index is 2.77. The monoisotopic (exact) mass is 268 g/mol. The molecule has 0 heterocycles. The van der Waals surface area contributed by atoms with Crippen LogP contribution >= 0.6 is 11.6 Å². The molecule has 0 radical (unpaired) electrons. The lowest BCUT2D eigenvalue weighted by atomic mass is 10.2. The van der Waals surface area contributed by atoms with Gasteiger partial charge < -0.3 is 10.6 Å². The summed E-state index contributed by atoms with van der Waals surface area (Å²) >= 11 is 6.14. The van der Waals surface area contributed by atoms with Gasteiger partial charge in [-0.1, -0.05) is 31.9 Å². The molecule has 1 amide bonds. The molecular formula is C14H21ClN2O. The predicted molar refractivity (Wildman–Crippen MR) is 78.4 cm³/mol. The lowest BCUT2D eigenvalue weighted by Crippen LogP contribution is -2.15. The van der Waals surface area contributed by atoms with Crippen molar-refractivity contribution < 1.29 is 4.79 Å². The van der Waals surface area contributed by atoms with E-state index in [2.05, 4.69) is 24.5 Å². The molecule has 0 fully saturated rings. The van der Waals surface area contributed by atoms with Crippen LogP contribution in [-0.2, 0) is 4.79 Å². The average Bonchev–Trinajstić information content (AvgIpc) is 2.33. The van der Waals surface area contributed by atoms with E-state index in [0.717, 1.165) is 24.2 Å². The van der Waals surface area contributed by atoms with Gasteiger partial charge in [-0.05, 0) is 31.5 Å². The van der Waals surface area contributed by atoms with Crippen molar-refractivity contribution in [2.24, 2.45) is 0 Å². The van der Waals surface area contributed by atoms with Gasteiger partial charge in [0.15, 0.2) is 0 Å². The third-order valence-electron chi connectivity index (χ3n) is 2.69. The van der Waals surface area contributed by atoms with Crippen LogP contribution in [0.25, 0.3) is 0 Å². The molecule has 1 aromatic carbocycles. The zero-order valence-corrected chi connectivity index (χ0v) is 12.0. The predicted octanol–water partition coefficient (Wildman–Crippen LogP) is 4.29. The summed E-state index contributed by atoms with van der Waals surface area (Å²) in [5.74, 6) is 0.00452. The first-order chi connectivity index (χ1) is 8.56. The Morgan fingerprint density at radius 2 is 2.11 bits per heavy atom. The molecule has 1 rings (SSSR count). The molecule has 1 atom stereocenters. The third kappa shape index (κ3) is 4.57. The van der Waals surface area contributed by atoms with Gasteiger partial charge in [0.2, 0.25) is 5.91 Å². The summed E-state index contributed by atoms with van der Waals surface area (Å²) in [4.78, 5) is 11.3. The number of halogens is 1. The molecule has 0 aliphatic rings. The maximum atomic E-state index is 11.3. The molecule has 3 nitrogen and oxygen atoms in total. The van der Waals surface area contributed by atoms with Crippen LogP contribution in [-0.4, -0.2) is 11.9 Å². The summed E-state index contributed by atoms with van der Waals surface area (Å²) in [6, 6.07) is 5.85. The fourth-order valence-corrected chi connectivity index (χ4v) is 1.91. The molecule has 0 aliphatic carbocycles. The molecule has 100 valence electrons. The number of carbonyl (C=O) groups excluding carboxylic acids is 1. The van der Waals surface area contributed by atoms with E-state index in [1.165, 1.54) is 0 Å². The van der Waals surface area contributed by atoms with E-state index in [0.29, 0.717) is 17.5 Å². The maximum absolute atomic E-state index is 11.3. The minimum atomic E-state index is 0.00452. The Kier molecular flexibility index (Phi) is 5.99. The number of rotatable bonds is 6. The van der Waals surface area contributed by atoms with Gasteiger partial charge in [-0.3, -0.25) is 4.79 Å². The molecule has 0 bridgehead atoms. The van der Waals surface area contributed by atoms with Crippen LogP contribution in [0.3, 0.4) is 0 Å². The highest BCUT2D eigenvalue weighted by Gasteiger charge is 2.07. The molecule has 4 heteroatoms. The van der Waals surface area contributed by atoms with E-state index in [-0.39, 0.29) is 5.91 Å². The number of amides is 1. The van der Waals surface area contributed by atoms with Crippen LogP contribution in [0.5, 0.6) is 0 Å². The van der Waals surface area contributed by atoms with E-state index in [1.54, 1.807) is 6.07 Å². The summed E-state index contributed by atoms with van der Waals surface area (Å²) in [7, 11) is 0. The molecular weight excluding hydrogens is 248 g/mol. The molecule has 0 aliphatic heterocycles. The summed E-state index contributed by atoms with van der Waals surface area (Å²) in [5.41, 5.74) is 1.64. The number of anilines is 2. The van der Waals surface area contributed by atoms with Crippen LogP contribution in [0.15, 0.2) is 18.2 Å². The van der Waals surface area contributed by atoms with Crippen molar-refractivity contribution in [3.63, 3.8) is 0 Å². The van der Waals surface area contributed by atoms with Gasteiger partial charge in [-0.15, -0.1) is 0 Å². The molecule has 1 aromatic rings. The molecule has 0 spiro atoms. The van der Waals surface area contributed by atoms with Crippen molar-refractivity contribution in [2.75, 3.05) is 10.6 Å². The van der Waals surface area contributed by atoms with Gasteiger partial charge in [0.25, 0.3) is 0 Å². The van der Waals surface area contributed by atoms with Crippen LogP contribution in [0.2, 0.25) is 5.02 Å². The van der Waals surface area contributed by atoms with Crippen LogP contribution in [0, 0.1) is 0 Å². The standard InChI is InChI=1S/C14H21ClN2O/c1-4-6-10(3)16-13-9-11(7-8-12(13)15)17-14(18)5-2/h7-10,16H,4-6H2,1-3H3,(H,17,18). The lowest BCUT2D eigenvalue weighted by Gasteiger charge is -2.16. The largest absolute Gasteiger partial charge is 0.381 e. The number of hydrogen-bond donors (Lipinski definition) is 2. The Morgan fingerprint density at radius 3 is 2.72 bits per heavy atom. The zero-order valence-electron chi connectivity index (χ0n) is 11.2. The van der Waals surface area contributed by atoms with E-state index in [1.807, 2.05) is 19.1 Å².